The minimum Gasteiger partial charge on any atom is -0.871 e. The number of benzene rings is 3. The van der Waals surface area contributed by atoms with Crippen LogP contribution in [0.3, 0.4) is 0 Å². The molecule has 3 aromatic rings. The Morgan fingerprint density at radius 2 is 1.72 bits per heavy atom. The van der Waals surface area contributed by atoms with Crippen LogP contribution in [-0.4, -0.2) is 13.0 Å². The van der Waals surface area contributed by atoms with Gasteiger partial charge in [0.25, 0.3) is 10.1 Å². The normalized spacial score (nSPS) is 11.6. The van der Waals surface area contributed by atoms with Crippen LogP contribution in [0.2, 0.25) is 0 Å². The van der Waals surface area contributed by atoms with Crippen molar-refractivity contribution >= 4 is 32.3 Å². The second-order valence-electron chi connectivity index (χ2n) is 5.28. The number of azo groups is 1. The Labute approximate surface area is 167 Å². The van der Waals surface area contributed by atoms with E-state index in [1.54, 1.807) is 31.2 Å². The van der Waals surface area contributed by atoms with Gasteiger partial charge in [-0.15, -0.1) is 5.11 Å². The molecule has 0 aliphatic carbocycles. The average Bonchev–Trinajstić information content (AvgIpc) is 2.54. The van der Waals surface area contributed by atoms with Crippen molar-refractivity contribution in [3.8, 4) is 5.75 Å². The summed E-state index contributed by atoms with van der Waals surface area (Å²) in [6.45, 7) is 1.69. The summed E-state index contributed by atoms with van der Waals surface area (Å²) in [5.41, 5.74) is 0.738. The molecule has 0 amide bonds. The number of hydrogen-bond acceptors (Lipinski definition) is 5. The Bertz CT molecular complexity index is 1070. The van der Waals surface area contributed by atoms with Crippen molar-refractivity contribution in [2.45, 2.75) is 11.8 Å². The molecule has 0 spiro atoms. The predicted octanol–water partition coefficient (Wildman–Crippen LogP) is 0.888. The Balaban J connectivity index is 0.00000225. The van der Waals surface area contributed by atoms with Crippen molar-refractivity contribution in [1.82, 2.24) is 0 Å². The summed E-state index contributed by atoms with van der Waals surface area (Å²) in [4.78, 5) is -0.348. The van der Waals surface area contributed by atoms with E-state index in [0.29, 0.717) is 10.9 Å². The van der Waals surface area contributed by atoms with Crippen molar-refractivity contribution in [2.75, 3.05) is 0 Å². The molecule has 122 valence electrons. The summed E-state index contributed by atoms with van der Waals surface area (Å²) in [5.74, 6) is -0.321. The third-order valence-corrected chi connectivity index (χ3v) is 4.40. The van der Waals surface area contributed by atoms with E-state index in [9.17, 15) is 18.1 Å². The van der Waals surface area contributed by atoms with Crippen LogP contribution >= 0.6 is 0 Å². The molecule has 8 heteroatoms. The number of nitrogens with zero attached hydrogens (tertiary/aromatic N) is 2. The summed E-state index contributed by atoms with van der Waals surface area (Å²) in [7, 11) is -4.44. The number of aryl methyl sites for hydroxylation is 1. The zero-order chi connectivity index (χ0) is 17.3. The molecule has 0 radical (unpaired) electrons. The molecule has 0 saturated heterocycles. The summed E-state index contributed by atoms with van der Waals surface area (Å²) in [5, 5.41) is 21.3. The molecule has 0 saturated carbocycles. The van der Waals surface area contributed by atoms with E-state index in [0.717, 1.165) is 5.39 Å². The topological polar surface area (TPSA) is 102 Å². The Kier molecular flexibility index (Phi) is 5.97. The predicted molar refractivity (Wildman–Crippen MR) is 88.6 cm³/mol. The molecule has 0 fully saturated rings. The minimum absolute atomic E-state index is 0. The van der Waals surface area contributed by atoms with Gasteiger partial charge >= 0.3 is 29.6 Å². The van der Waals surface area contributed by atoms with Crippen LogP contribution in [0, 0.1) is 6.92 Å². The second-order valence-corrected chi connectivity index (χ2v) is 6.67. The van der Waals surface area contributed by atoms with Crippen LogP contribution in [-0.2, 0) is 10.1 Å². The fourth-order valence-electron chi connectivity index (χ4n) is 2.35. The van der Waals surface area contributed by atoms with Crippen LogP contribution < -0.4 is 34.7 Å². The fourth-order valence-corrected chi connectivity index (χ4v) is 3.06. The molecule has 0 atom stereocenters. The first-order valence-corrected chi connectivity index (χ1v) is 8.49. The van der Waals surface area contributed by atoms with Crippen LogP contribution in [0.15, 0.2) is 69.7 Å². The van der Waals surface area contributed by atoms with E-state index in [-0.39, 0.29) is 51.6 Å². The SMILES string of the molecule is Cc1ccc(N=Nc2c([O-])ccc3ccccc23)c(S(=O)(=O)O)c1.[Na+]. The molecule has 0 aliphatic heterocycles. The summed E-state index contributed by atoms with van der Waals surface area (Å²) in [6, 6.07) is 14.6. The molecular weight excluding hydrogens is 351 g/mol. The van der Waals surface area contributed by atoms with Crippen LogP contribution in [0.4, 0.5) is 11.4 Å². The number of rotatable bonds is 3. The van der Waals surface area contributed by atoms with Crippen LogP contribution in [0.1, 0.15) is 5.56 Å². The Morgan fingerprint density at radius 1 is 1.00 bits per heavy atom. The molecule has 3 aromatic carbocycles. The monoisotopic (exact) mass is 364 g/mol. The van der Waals surface area contributed by atoms with E-state index < -0.39 is 10.1 Å². The van der Waals surface area contributed by atoms with Gasteiger partial charge < -0.3 is 5.11 Å². The molecule has 0 heterocycles. The third kappa shape index (κ3) is 4.26. The maximum absolute atomic E-state index is 12.1. The smallest absolute Gasteiger partial charge is 0.871 e. The first kappa shape index (κ1) is 19.6. The van der Waals surface area contributed by atoms with E-state index in [2.05, 4.69) is 10.2 Å². The fraction of sp³-hybridized carbons (Fsp3) is 0.0588. The van der Waals surface area contributed by atoms with Gasteiger partial charge in [0.1, 0.15) is 10.6 Å². The first-order chi connectivity index (χ1) is 11.4. The van der Waals surface area contributed by atoms with Gasteiger partial charge in [0.2, 0.25) is 0 Å². The Hall–Kier alpha value is -1.77. The molecule has 0 unspecified atom stereocenters. The average molecular weight is 364 g/mol. The molecular formula is C17H13N2NaO4S. The Morgan fingerprint density at radius 3 is 2.44 bits per heavy atom. The summed E-state index contributed by atoms with van der Waals surface area (Å²) < 4.78 is 32.3. The van der Waals surface area contributed by atoms with E-state index in [1.165, 1.54) is 18.2 Å². The van der Waals surface area contributed by atoms with Gasteiger partial charge in [-0.3, -0.25) is 4.55 Å². The molecule has 1 N–H and O–H groups in total. The molecule has 0 aliphatic rings. The molecule has 0 bridgehead atoms. The zero-order valence-corrected chi connectivity index (χ0v) is 16.5. The van der Waals surface area contributed by atoms with E-state index in [1.807, 2.05) is 12.1 Å². The molecule has 25 heavy (non-hydrogen) atoms. The maximum Gasteiger partial charge on any atom is 1.00 e. The van der Waals surface area contributed by atoms with Gasteiger partial charge in [-0.05, 0) is 30.0 Å². The van der Waals surface area contributed by atoms with Gasteiger partial charge in [-0.25, -0.2) is 0 Å². The van der Waals surface area contributed by atoms with Gasteiger partial charge in [-0.2, -0.15) is 13.5 Å². The van der Waals surface area contributed by atoms with E-state index in [4.69, 9.17) is 0 Å². The van der Waals surface area contributed by atoms with Gasteiger partial charge in [-0.1, -0.05) is 48.2 Å². The van der Waals surface area contributed by atoms with Crippen molar-refractivity contribution in [2.24, 2.45) is 10.2 Å². The number of hydrogen-bond donors (Lipinski definition) is 1. The summed E-state index contributed by atoms with van der Waals surface area (Å²) >= 11 is 0. The van der Waals surface area contributed by atoms with Crippen molar-refractivity contribution in [3.05, 3.63) is 60.2 Å². The molecule has 6 nitrogen and oxygen atoms in total. The zero-order valence-electron chi connectivity index (χ0n) is 13.7. The maximum atomic E-state index is 12.1. The van der Waals surface area contributed by atoms with Gasteiger partial charge in [0.15, 0.2) is 0 Å². The largest absolute Gasteiger partial charge is 1.00 e. The third-order valence-electron chi connectivity index (χ3n) is 3.51. The molecule has 0 aromatic heterocycles. The standard InChI is InChI=1S/C17H14N2O4S.Na/c1-11-6-8-14(16(10-11)24(21,22)23)18-19-17-13-5-3-2-4-12(13)7-9-15(17)20;/h2-10,20H,1H3,(H,21,22,23);/q;+1/p-1. The number of fused-ring (bicyclic) bond motifs is 1. The van der Waals surface area contributed by atoms with Crippen LogP contribution in [0.25, 0.3) is 10.8 Å². The summed E-state index contributed by atoms with van der Waals surface area (Å²) in [6.07, 6.45) is 0. The molecule has 3 rings (SSSR count). The van der Waals surface area contributed by atoms with Crippen molar-refractivity contribution in [3.63, 3.8) is 0 Å². The first-order valence-electron chi connectivity index (χ1n) is 7.05. The quantitative estimate of drug-likeness (QED) is 0.423. The van der Waals surface area contributed by atoms with Gasteiger partial charge in [0.05, 0.1) is 5.69 Å². The van der Waals surface area contributed by atoms with Crippen LogP contribution in [0.5, 0.6) is 5.75 Å². The second kappa shape index (κ2) is 7.63. The van der Waals surface area contributed by atoms with Gasteiger partial charge in [0, 0.05) is 5.39 Å². The van der Waals surface area contributed by atoms with E-state index >= 15 is 0 Å². The van der Waals surface area contributed by atoms with Crippen molar-refractivity contribution < 1.29 is 47.6 Å². The van der Waals surface area contributed by atoms with Crippen molar-refractivity contribution in [1.29, 1.82) is 0 Å². The minimum atomic E-state index is -4.44.